The maximum absolute atomic E-state index is 3.62. The van der Waals surface area contributed by atoms with E-state index in [1.54, 1.807) is 0 Å². The van der Waals surface area contributed by atoms with Gasteiger partial charge in [-0.05, 0) is 44.0 Å². The summed E-state index contributed by atoms with van der Waals surface area (Å²) in [7, 11) is 2.04. The largest absolute Gasteiger partial charge is 0.316 e. The van der Waals surface area contributed by atoms with Crippen LogP contribution in [0.1, 0.15) is 16.7 Å². The fraction of sp³-hybridized carbons (Fsp3) is 0.294. The minimum absolute atomic E-state index is 0.459. The van der Waals surface area contributed by atoms with E-state index in [2.05, 4.69) is 76.7 Å². The smallest absolute Gasteiger partial charge is 0.0207 e. The van der Waals surface area contributed by atoms with Crippen LogP contribution in [0.4, 0.5) is 0 Å². The first-order valence-electron chi connectivity index (χ1n) is 6.65. The molecule has 0 aliphatic rings. The first kappa shape index (κ1) is 14.3. The zero-order valence-corrected chi connectivity index (χ0v) is 13.1. The Morgan fingerprint density at radius 2 is 1.84 bits per heavy atom. The lowest BCUT2D eigenvalue weighted by molar-refractivity contribution is 0.555. The van der Waals surface area contributed by atoms with Crippen molar-refractivity contribution in [3.8, 4) is 0 Å². The van der Waals surface area contributed by atoms with E-state index in [4.69, 9.17) is 0 Å². The second-order valence-corrected chi connectivity index (χ2v) is 5.83. The summed E-state index contributed by atoms with van der Waals surface area (Å²) in [6.07, 6.45) is 2.09. The number of hydrogen-bond donors (Lipinski definition) is 1. The summed E-state index contributed by atoms with van der Waals surface area (Å²) in [5.41, 5.74) is 4.08. The third-order valence-electron chi connectivity index (χ3n) is 3.40. The molecule has 1 atom stereocenters. The van der Waals surface area contributed by atoms with Crippen molar-refractivity contribution in [2.24, 2.45) is 0 Å². The Balaban J connectivity index is 2.07. The van der Waals surface area contributed by atoms with Crippen LogP contribution >= 0.6 is 15.9 Å². The molecule has 100 valence electrons. The molecule has 0 aliphatic heterocycles. The van der Waals surface area contributed by atoms with E-state index in [-0.39, 0.29) is 0 Å². The molecule has 19 heavy (non-hydrogen) atoms. The van der Waals surface area contributed by atoms with Crippen molar-refractivity contribution in [3.63, 3.8) is 0 Å². The van der Waals surface area contributed by atoms with Gasteiger partial charge in [0, 0.05) is 10.5 Å². The Morgan fingerprint density at radius 1 is 1.05 bits per heavy atom. The first-order valence-corrected chi connectivity index (χ1v) is 7.44. The first-order chi connectivity index (χ1) is 9.19. The van der Waals surface area contributed by atoms with Crippen molar-refractivity contribution in [3.05, 3.63) is 69.7 Å². The molecule has 0 bridgehead atoms. The maximum atomic E-state index is 3.62. The van der Waals surface area contributed by atoms with Gasteiger partial charge in [-0.25, -0.2) is 0 Å². The molecule has 1 unspecified atom stereocenters. The highest BCUT2D eigenvalue weighted by atomic mass is 79.9. The van der Waals surface area contributed by atoms with Crippen molar-refractivity contribution in [1.82, 2.24) is 5.32 Å². The van der Waals surface area contributed by atoms with E-state index < -0.39 is 0 Å². The van der Waals surface area contributed by atoms with Gasteiger partial charge in [-0.15, -0.1) is 0 Å². The van der Waals surface area contributed by atoms with E-state index in [0.29, 0.717) is 6.04 Å². The van der Waals surface area contributed by atoms with Crippen LogP contribution in [0.3, 0.4) is 0 Å². The molecule has 0 heterocycles. The molecule has 0 spiro atoms. The predicted molar refractivity (Wildman–Crippen MR) is 85.6 cm³/mol. The minimum Gasteiger partial charge on any atom is -0.316 e. The third-order valence-corrected chi connectivity index (χ3v) is 4.17. The van der Waals surface area contributed by atoms with Gasteiger partial charge in [-0.2, -0.15) is 0 Å². The Hall–Kier alpha value is -1.12. The molecule has 0 saturated heterocycles. The monoisotopic (exact) mass is 317 g/mol. The summed E-state index contributed by atoms with van der Waals surface area (Å²) in [4.78, 5) is 0. The Morgan fingerprint density at radius 3 is 2.53 bits per heavy atom. The molecular weight excluding hydrogens is 298 g/mol. The van der Waals surface area contributed by atoms with Crippen molar-refractivity contribution in [1.29, 1.82) is 0 Å². The molecule has 1 nitrogen and oxygen atoms in total. The second-order valence-electron chi connectivity index (χ2n) is 4.97. The van der Waals surface area contributed by atoms with E-state index in [1.165, 1.54) is 21.2 Å². The van der Waals surface area contributed by atoms with E-state index in [0.717, 1.165) is 12.8 Å². The van der Waals surface area contributed by atoms with E-state index in [1.807, 2.05) is 7.05 Å². The van der Waals surface area contributed by atoms with Gasteiger partial charge in [0.15, 0.2) is 0 Å². The van der Waals surface area contributed by atoms with Gasteiger partial charge < -0.3 is 5.32 Å². The second kappa shape index (κ2) is 6.88. The summed E-state index contributed by atoms with van der Waals surface area (Å²) >= 11 is 3.62. The van der Waals surface area contributed by atoms with Crippen molar-refractivity contribution >= 4 is 15.9 Å². The van der Waals surface area contributed by atoms with Crippen LogP contribution < -0.4 is 5.32 Å². The average Bonchev–Trinajstić information content (AvgIpc) is 2.40. The van der Waals surface area contributed by atoms with Gasteiger partial charge in [-0.3, -0.25) is 0 Å². The molecule has 2 aromatic rings. The molecule has 2 rings (SSSR count). The summed E-state index contributed by atoms with van der Waals surface area (Å²) in [6.45, 7) is 2.14. The zero-order valence-electron chi connectivity index (χ0n) is 11.5. The summed E-state index contributed by atoms with van der Waals surface area (Å²) in [5, 5.41) is 3.42. The van der Waals surface area contributed by atoms with Gasteiger partial charge in [0.05, 0.1) is 0 Å². The standard InChI is InChI=1S/C17H20BrN/c1-13-6-5-7-14(10-13)11-16(19-2)12-15-8-3-4-9-17(15)18/h3-10,16,19H,11-12H2,1-2H3. The normalized spacial score (nSPS) is 12.4. The molecule has 0 radical (unpaired) electrons. The zero-order chi connectivity index (χ0) is 13.7. The Labute approximate surface area is 124 Å². The van der Waals surface area contributed by atoms with Gasteiger partial charge in [-0.1, -0.05) is 64.0 Å². The number of likely N-dealkylation sites (N-methyl/N-ethyl adjacent to an activating group) is 1. The molecule has 0 aromatic heterocycles. The molecule has 2 aromatic carbocycles. The van der Waals surface area contributed by atoms with Crippen molar-refractivity contribution < 1.29 is 0 Å². The SMILES string of the molecule is CNC(Cc1cccc(C)c1)Cc1ccccc1Br. The van der Waals surface area contributed by atoms with Crippen LogP contribution in [0.25, 0.3) is 0 Å². The highest BCUT2D eigenvalue weighted by Crippen LogP contribution is 2.19. The predicted octanol–water partition coefficient (Wildman–Crippen LogP) is 4.13. The van der Waals surface area contributed by atoms with E-state index >= 15 is 0 Å². The highest BCUT2D eigenvalue weighted by Gasteiger charge is 2.10. The van der Waals surface area contributed by atoms with Crippen LogP contribution in [0.15, 0.2) is 53.0 Å². The van der Waals surface area contributed by atoms with Crippen molar-refractivity contribution in [2.75, 3.05) is 7.05 Å². The lowest BCUT2D eigenvalue weighted by atomic mass is 9.98. The van der Waals surface area contributed by atoms with Crippen molar-refractivity contribution in [2.45, 2.75) is 25.8 Å². The van der Waals surface area contributed by atoms with Crippen LogP contribution in [0.2, 0.25) is 0 Å². The number of halogens is 1. The van der Waals surface area contributed by atoms with Crippen LogP contribution in [-0.4, -0.2) is 13.1 Å². The van der Waals surface area contributed by atoms with Gasteiger partial charge in [0.2, 0.25) is 0 Å². The molecule has 2 heteroatoms. The number of rotatable bonds is 5. The molecule has 0 aliphatic carbocycles. The van der Waals surface area contributed by atoms with Gasteiger partial charge in [0.25, 0.3) is 0 Å². The lowest BCUT2D eigenvalue weighted by Gasteiger charge is -2.17. The summed E-state index contributed by atoms with van der Waals surface area (Å²) in [5.74, 6) is 0. The molecule has 0 amide bonds. The third kappa shape index (κ3) is 4.19. The Bertz CT molecular complexity index is 536. The Kier molecular flexibility index (Phi) is 5.17. The fourth-order valence-corrected chi connectivity index (χ4v) is 2.78. The number of aryl methyl sites for hydroxylation is 1. The molecular formula is C17H20BrN. The molecule has 0 saturated carbocycles. The summed E-state index contributed by atoms with van der Waals surface area (Å²) < 4.78 is 1.19. The highest BCUT2D eigenvalue weighted by molar-refractivity contribution is 9.10. The van der Waals surface area contributed by atoms with Gasteiger partial charge >= 0.3 is 0 Å². The van der Waals surface area contributed by atoms with Gasteiger partial charge in [0.1, 0.15) is 0 Å². The van der Waals surface area contributed by atoms with Crippen LogP contribution in [0, 0.1) is 6.92 Å². The van der Waals surface area contributed by atoms with Crippen LogP contribution in [-0.2, 0) is 12.8 Å². The number of nitrogens with one attached hydrogen (secondary N) is 1. The number of benzene rings is 2. The average molecular weight is 318 g/mol. The quantitative estimate of drug-likeness (QED) is 0.874. The number of hydrogen-bond acceptors (Lipinski definition) is 1. The molecule has 1 N–H and O–H groups in total. The minimum atomic E-state index is 0.459. The topological polar surface area (TPSA) is 12.0 Å². The van der Waals surface area contributed by atoms with Crippen LogP contribution in [0.5, 0.6) is 0 Å². The molecule has 0 fully saturated rings. The lowest BCUT2D eigenvalue weighted by Crippen LogP contribution is -2.30. The van der Waals surface area contributed by atoms with E-state index in [9.17, 15) is 0 Å². The summed E-state index contributed by atoms with van der Waals surface area (Å²) in [6, 6.07) is 17.7. The maximum Gasteiger partial charge on any atom is 0.0207 e. The fourth-order valence-electron chi connectivity index (χ4n) is 2.33.